The standard InChI is InChI=1S/C11H12ClFO/c12-9-5-6-14-11(7-9)8-1-3-10(13)4-2-8/h1-4,9,11H,5-7H2. The monoisotopic (exact) mass is 214 g/mol. The second-order valence-corrected chi connectivity index (χ2v) is 4.15. The predicted octanol–water partition coefficient (Wildman–Crippen LogP) is 3.28. The van der Waals surface area contributed by atoms with Gasteiger partial charge in [-0.1, -0.05) is 12.1 Å². The van der Waals surface area contributed by atoms with Crippen LogP contribution in [-0.4, -0.2) is 12.0 Å². The molecule has 2 rings (SSSR count). The lowest BCUT2D eigenvalue weighted by Gasteiger charge is -2.26. The van der Waals surface area contributed by atoms with Crippen molar-refractivity contribution in [2.75, 3.05) is 6.61 Å². The van der Waals surface area contributed by atoms with Gasteiger partial charge in [0.25, 0.3) is 0 Å². The average molecular weight is 215 g/mol. The first-order valence-corrected chi connectivity index (χ1v) is 5.20. The molecule has 3 heteroatoms. The molecule has 0 saturated carbocycles. The topological polar surface area (TPSA) is 9.23 Å². The summed E-state index contributed by atoms with van der Waals surface area (Å²) >= 11 is 6.04. The van der Waals surface area contributed by atoms with E-state index in [2.05, 4.69) is 0 Å². The lowest BCUT2D eigenvalue weighted by atomic mass is 10.0. The first-order chi connectivity index (χ1) is 6.75. The van der Waals surface area contributed by atoms with Gasteiger partial charge in [-0.05, 0) is 30.5 Å². The molecule has 2 atom stereocenters. The van der Waals surface area contributed by atoms with E-state index in [4.69, 9.17) is 16.3 Å². The van der Waals surface area contributed by atoms with Crippen molar-refractivity contribution in [3.63, 3.8) is 0 Å². The molecule has 1 aromatic rings. The van der Waals surface area contributed by atoms with Crippen LogP contribution in [0.25, 0.3) is 0 Å². The Morgan fingerprint density at radius 1 is 1.29 bits per heavy atom. The predicted molar refractivity (Wildman–Crippen MR) is 54.0 cm³/mol. The molecular weight excluding hydrogens is 203 g/mol. The van der Waals surface area contributed by atoms with Crippen LogP contribution in [-0.2, 0) is 4.74 Å². The fourth-order valence-corrected chi connectivity index (χ4v) is 1.92. The second kappa shape index (κ2) is 4.28. The van der Waals surface area contributed by atoms with E-state index in [1.807, 2.05) is 0 Å². The fraction of sp³-hybridized carbons (Fsp3) is 0.455. The Labute approximate surface area is 87.8 Å². The number of rotatable bonds is 1. The molecule has 2 unspecified atom stereocenters. The Morgan fingerprint density at radius 3 is 2.64 bits per heavy atom. The van der Waals surface area contributed by atoms with Crippen LogP contribution in [0.4, 0.5) is 4.39 Å². The maximum absolute atomic E-state index is 12.7. The third-order valence-corrected chi connectivity index (χ3v) is 2.86. The molecule has 0 amide bonds. The van der Waals surface area contributed by atoms with Gasteiger partial charge >= 0.3 is 0 Å². The summed E-state index contributed by atoms with van der Waals surface area (Å²) in [4.78, 5) is 0. The summed E-state index contributed by atoms with van der Waals surface area (Å²) in [7, 11) is 0. The van der Waals surface area contributed by atoms with Crippen molar-refractivity contribution >= 4 is 11.6 Å². The van der Waals surface area contributed by atoms with E-state index < -0.39 is 0 Å². The van der Waals surface area contributed by atoms with Gasteiger partial charge in [-0.2, -0.15) is 0 Å². The number of ether oxygens (including phenoxy) is 1. The first kappa shape index (κ1) is 9.94. The third kappa shape index (κ3) is 2.25. The summed E-state index contributed by atoms with van der Waals surface area (Å²) in [6.45, 7) is 0.691. The Morgan fingerprint density at radius 2 is 2.00 bits per heavy atom. The molecule has 0 spiro atoms. The maximum atomic E-state index is 12.7. The van der Waals surface area contributed by atoms with E-state index in [0.717, 1.165) is 18.4 Å². The Bertz CT molecular complexity index is 299. The molecule has 1 heterocycles. The summed E-state index contributed by atoms with van der Waals surface area (Å²) in [5, 5.41) is 0.179. The minimum atomic E-state index is -0.216. The summed E-state index contributed by atoms with van der Waals surface area (Å²) < 4.78 is 18.2. The van der Waals surface area contributed by atoms with Crippen LogP contribution in [0.1, 0.15) is 24.5 Å². The molecule has 1 aliphatic rings. The minimum Gasteiger partial charge on any atom is -0.373 e. The minimum absolute atomic E-state index is 0.0341. The quantitative estimate of drug-likeness (QED) is 0.652. The lowest BCUT2D eigenvalue weighted by molar-refractivity contribution is 0.0168. The number of hydrogen-bond donors (Lipinski definition) is 0. The average Bonchev–Trinajstić information content (AvgIpc) is 2.19. The van der Waals surface area contributed by atoms with Gasteiger partial charge in [-0.3, -0.25) is 0 Å². The zero-order valence-corrected chi connectivity index (χ0v) is 8.51. The van der Waals surface area contributed by atoms with Gasteiger partial charge in [0, 0.05) is 12.0 Å². The summed E-state index contributed by atoms with van der Waals surface area (Å²) in [5.41, 5.74) is 1.01. The van der Waals surface area contributed by atoms with E-state index in [-0.39, 0.29) is 17.3 Å². The molecule has 1 fully saturated rings. The molecule has 0 aliphatic carbocycles. The normalized spacial score (nSPS) is 27.6. The van der Waals surface area contributed by atoms with Gasteiger partial charge in [0.05, 0.1) is 6.10 Å². The van der Waals surface area contributed by atoms with E-state index in [1.54, 1.807) is 12.1 Å². The van der Waals surface area contributed by atoms with Gasteiger partial charge < -0.3 is 4.74 Å². The first-order valence-electron chi connectivity index (χ1n) is 4.77. The molecule has 0 bridgehead atoms. The third-order valence-electron chi connectivity index (χ3n) is 2.46. The van der Waals surface area contributed by atoms with Gasteiger partial charge in [-0.25, -0.2) is 4.39 Å². The highest BCUT2D eigenvalue weighted by atomic mass is 35.5. The van der Waals surface area contributed by atoms with E-state index >= 15 is 0 Å². The maximum Gasteiger partial charge on any atom is 0.123 e. The number of hydrogen-bond acceptors (Lipinski definition) is 1. The zero-order valence-electron chi connectivity index (χ0n) is 7.75. The second-order valence-electron chi connectivity index (χ2n) is 3.53. The summed E-state index contributed by atoms with van der Waals surface area (Å²) in [5.74, 6) is -0.216. The van der Waals surface area contributed by atoms with Gasteiger partial charge in [0.1, 0.15) is 5.82 Å². The summed E-state index contributed by atoms with van der Waals surface area (Å²) in [6.07, 6.45) is 1.75. The largest absolute Gasteiger partial charge is 0.373 e. The fourth-order valence-electron chi connectivity index (χ4n) is 1.67. The van der Waals surface area contributed by atoms with Crippen LogP contribution < -0.4 is 0 Å². The van der Waals surface area contributed by atoms with Crippen LogP contribution in [0, 0.1) is 5.82 Å². The molecular formula is C11H12ClFO. The van der Waals surface area contributed by atoms with Crippen LogP contribution in [0.5, 0.6) is 0 Å². The Kier molecular flexibility index (Phi) is 3.04. The Balaban J connectivity index is 2.10. The molecule has 1 saturated heterocycles. The van der Waals surface area contributed by atoms with E-state index in [1.165, 1.54) is 12.1 Å². The van der Waals surface area contributed by atoms with Crippen molar-refractivity contribution in [3.8, 4) is 0 Å². The molecule has 14 heavy (non-hydrogen) atoms. The lowest BCUT2D eigenvalue weighted by Crippen LogP contribution is -2.19. The van der Waals surface area contributed by atoms with Crippen molar-refractivity contribution in [3.05, 3.63) is 35.6 Å². The Hall–Kier alpha value is -0.600. The molecule has 0 radical (unpaired) electrons. The molecule has 1 aliphatic heterocycles. The van der Waals surface area contributed by atoms with Gasteiger partial charge in [-0.15, -0.1) is 11.6 Å². The highest BCUT2D eigenvalue weighted by molar-refractivity contribution is 6.20. The van der Waals surface area contributed by atoms with Gasteiger partial charge in [0.15, 0.2) is 0 Å². The highest BCUT2D eigenvalue weighted by Gasteiger charge is 2.21. The van der Waals surface area contributed by atoms with Crippen molar-refractivity contribution in [1.82, 2.24) is 0 Å². The van der Waals surface area contributed by atoms with Crippen LogP contribution in [0.3, 0.4) is 0 Å². The van der Waals surface area contributed by atoms with E-state index in [0.29, 0.717) is 6.61 Å². The van der Waals surface area contributed by atoms with Gasteiger partial charge in [0.2, 0.25) is 0 Å². The number of benzene rings is 1. The molecule has 1 aromatic carbocycles. The number of halogens is 2. The van der Waals surface area contributed by atoms with Crippen LogP contribution >= 0.6 is 11.6 Å². The highest BCUT2D eigenvalue weighted by Crippen LogP contribution is 2.30. The van der Waals surface area contributed by atoms with Crippen molar-refractivity contribution in [2.24, 2.45) is 0 Å². The van der Waals surface area contributed by atoms with Crippen molar-refractivity contribution in [1.29, 1.82) is 0 Å². The molecule has 0 N–H and O–H groups in total. The van der Waals surface area contributed by atoms with Crippen LogP contribution in [0.2, 0.25) is 0 Å². The van der Waals surface area contributed by atoms with Crippen LogP contribution in [0.15, 0.2) is 24.3 Å². The van der Waals surface area contributed by atoms with Crippen molar-refractivity contribution < 1.29 is 9.13 Å². The van der Waals surface area contributed by atoms with E-state index in [9.17, 15) is 4.39 Å². The summed E-state index contributed by atoms with van der Waals surface area (Å²) in [6, 6.07) is 6.43. The smallest absolute Gasteiger partial charge is 0.123 e. The molecule has 1 nitrogen and oxygen atoms in total. The van der Waals surface area contributed by atoms with Crippen molar-refractivity contribution in [2.45, 2.75) is 24.3 Å². The number of alkyl halides is 1. The SMILES string of the molecule is Fc1ccc(C2CC(Cl)CCO2)cc1. The molecule has 76 valence electrons. The zero-order chi connectivity index (χ0) is 9.97. The molecule has 0 aromatic heterocycles.